The van der Waals surface area contributed by atoms with Crippen LogP contribution in [0.1, 0.15) is 0 Å². The van der Waals surface area contributed by atoms with E-state index in [9.17, 15) is 10.1 Å². The predicted octanol–water partition coefficient (Wildman–Crippen LogP) is 1.58. The van der Waals surface area contributed by atoms with Crippen LogP contribution in [0.5, 0.6) is 5.75 Å². The number of hydrogen-bond acceptors (Lipinski definition) is 5. The molecule has 1 aromatic rings. The lowest BCUT2D eigenvalue weighted by Gasteiger charge is -2.13. The van der Waals surface area contributed by atoms with Crippen molar-refractivity contribution in [1.82, 2.24) is 4.90 Å². The van der Waals surface area contributed by atoms with Gasteiger partial charge in [-0.05, 0) is 20.2 Å². The average molecular weight is 239 g/mol. The lowest BCUT2D eigenvalue weighted by molar-refractivity contribution is -0.384. The first-order valence-corrected chi connectivity index (χ1v) is 5.25. The Labute approximate surface area is 100 Å². The van der Waals surface area contributed by atoms with Crippen molar-refractivity contribution in [2.24, 2.45) is 0 Å². The molecule has 0 atom stereocenters. The fraction of sp³-hybridized carbons (Fsp3) is 0.455. The van der Waals surface area contributed by atoms with Gasteiger partial charge in [0, 0.05) is 25.2 Å². The maximum Gasteiger partial charge on any atom is 0.271 e. The van der Waals surface area contributed by atoms with E-state index >= 15 is 0 Å². The second-order valence-corrected chi connectivity index (χ2v) is 3.87. The summed E-state index contributed by atoms with van der Waals surface area (Å²) in [6, 6.07) is 4.50. The van der Waals surface area contributed by atoms with Crippen molar-refractivity contribution in [3.8, 4) is 5.75 Å². The van der Waals surface area contributed by atoms with Crippen molar-refractivity contribution in [2.75, 3.05) is 39.6 Å². The van der Waals surface area contributed by atoms with E-state index in [2.05, 4.69) is 5.32 Å². The third-order valence-corrected chi connectivity index (χ3v) is 2.27. The number of likely N-dealkylation sites (N-methyl/N-ethyl adjacent to an activating group) is 1. The second-order valence-electron chi connectivity index (χ2n) is 3.87. The molecule has 0 bridgehead atoms. The van der Waals surface area contributed by atoms with Crippen molar-refractivity contribution in [1.29, 1.82) is 0 Å². The highest BCUT2D eigenvalue weighted by Gasteiger charge is 2.10. The normalized spacial score (nSPS) is 10.4. The molecule has 6 nitrogen and oxygen atoms in total. The lowest BCUT2D eigenvalue weighted by atomic mass is 10.2. The van der Waals surface area contributed by atoms with E-state index in [1.54, 1.807) is 6.07 Å². The Morgan fingerprint density at radius 1 is 1.47 bits per heavy atom. The van der Waals surface area contributed by atoms with Gasteiger partial charge in [0.15, 0.2) is 0 Å². The van der Waals surface area contributed by atoms with Gasteiger partial charge in [-0.1, -0.05) is 0 Å². The number of nitrogens with one attached hydrogen (secondary N) is 1. The van der Waals surface area contributed by atoms with Crippen LogP contribution in [0.4, 0.5) is 11.4 Å². The van der Waals surface area contributed by atoms with Crippen LogP contribution in [0.2, 0.25) is 0 Å². The third kappa shape index (κ3) is 3.92. The van der Waals surface area contributed by atoms with E-state index < -0.39 is 4.92 Å². The predicted molar refractivity (Wildman–Crippen MR) is 66.7 cm³/mol. The van der Waals surface area contributed by atoms with E-state index in [4.69, 9.17) is 4.74 Å². The topological polar surface area (TPSA) is 67.6 Å². The molecule has 1 rings (SSSR count). The summed E-state index contributed by atoms with van der Waals surface area (Å²) in [4.78, 5) is 12.3. The third-order valence-electron chi connectivity index (χ3n) is 2.27. The molecule has 1 N–H and O–H groups in total. The molecule has 0 spiro atoms. The Kier molecular flexibility index (Phi) is 4.71. The van der Waals surface area contributed by atoms with Gasteiger partial charge < -0.3 is 15.0 Å². The van der Waals surface area contributed by atoms with Crippen LogP contribution in [0, 0.1) is 10.1 Å². The van der Waals surface area contributed by atoms with Crippen molar-refractivity contribution < 1.29 is 9.66 Å². The van der Waals surface area contributed by atoms with Crippen molar-refractivity contribution in [2.45, 2.75) is 0 Å². The smallest absolute Gasteiger partial charge is 0.271 e. The Morgan fingerprint density at radius 2 is 2.18 bits per heavy atom. The summed E-state index contributed by atoms with van der Waals surface area (Å²) in [6.07, 6.45) is 0. The van der Waals surface area contributed by atoms with Gasteiger partial charge in [0.2, 0.25) is 0 Å². The molecule has 17 heavy (non-hydrogen) atoms. The zero-order valence-electron chi connectivity index (χ0n) is 10.3. The Hall–Kier alpha value is -1.82. The number of nitrogens with zero attached hydrogens (tertiary/aromatic N) is 2. The second kappa shape index (κ2) is 6.05. The van der Waals surface area contributed by atoms with Gasteiger partial charge in [-0.25, -0.2) is 0 Å². The first-order valence-electron chi connectivity index (χ1n) is 5.25. The quantitative estimate of drug-likeness (QED) is 0.603. The van der Waals surface area contributed by atoms with Crippen LogP contribution >= 0.6 is 0 Å². The summed E-state index contributed by atoms with van der Waals surface area (Å²) in [5, 5.41) is 13.8. The molecule has 0 aliphatic rings. The van der Waals surface area contributed by atoms with Gasteiger partial charge >= 0.3 is 0 Å². The number of hydrogen-bond donors (Lipinski definition) is 1. The van der Waals surface area contributed by atoms with E-state index in [-0.39, 0.29) is 5.69 Å². The van der Waals surface area contributed by atoms with Gasteiger partial charge in [-0.3, -0.25) is 10.1 Å². The summed E-state index contributed by atoms with van der Waals surface area (Å²) < 4.78 is 5.14. The van der Waals surface area contributed by atoms with Crippen LogP contribution in [0.15, 0.2) is 18.2 Å². The molecule has 94 valence electrons. The molecule has 0 unspecified atom stereocenters. The first kappa shape index (κ1) is 13.2. The molecule has 0 aliphatic carbocycles. The highest BCUT2D eigenvalue weighted by atomic mass is 16.6. The molecule has 6 heteroatoms. The van der Waals surface area contributed by atoms with E-state index in [0.29, 0.717) is 18.0 Å². The molecule has 0 saturated heterocycles. The summed E-state index contributed by atoms with van der Waals surface area (Å²) in [5.74, 6) is 0.606. The van der Waals surface area contributed by atoms with E-state index in [1.165, 1.54) is 19.2 Å². The highest BCUT2D eigenvalue weighted by Crippen LogP contribution is 2.28. The number of methoxy groups -OCH3 is 1. The Bertz CT molecular complexity index is 394. The number of rotatable bonds is 6. The van der Waals surface area contributed by atoms with Crippen molar-refractivity contribution in [3.63, 3.8) is 0 Å². The van der Waals surface area contributed by atoms with E-state index in [1.807, 2.05) is 19.0 Å². The highest BCUT2D eigenvalue weighted by molar-refractivity contribution is 5.61. The standard InChI is InChI=1S/C11H17N3O3/c1-13(2)7-6-12-10-8-9(14(15)16)4-5-11(10)17-3/h4-5,8,12H,6-7H2,1-3H3. The number of non-ortho nitro benzene ring substituents is 1. The molecule has 0 heterocycles. The van der Waals surface area contributed by atoms with Crippen LogP contribution < -0.4 is 10.1 Å². The molecule has 0 radical (unpaired) electrons. The van der Waals surface area contributed by atoms with E-state index in [0.717, 1.165) is 6.54 Å². The van der Waals surface area contributed by atoms with Crippen molar-refractivity contribution >= 4 is 11.4 Å². The number of anilines is 1. The van der Waals surface area contributed by atoms with Crippen LogP contribution in [0.25, 0.3) is 0 Å². The lowest BCUT2D eigenvalue weighted by Crippen LogP contribution is -2.21. The zero-order valence-corrected chi connectivity index (χ0v) is 10.3. The van der Waals surface area contributed by atoms with Gasteiger partial charge in [0.05, 0.1) is 17.7 Å². The van der Waals surface area contributed by atoms with Gasteiger partial charge in [0.1, 0.15) is 5.75 Å². The Morgan fingerprint density at radius 3 is 2.71 bits per heavy atom. The number of ether oxygens (including phenoxy) is 1. The number of nitro benzene ring substituents is 1. The largest absolute Gasteiger partial charge is 0.495 e. The average Bonchev–Trinajstić information content (AvgIpc) is 2.28. The van der Waals surface area contributed by atoms with Gasteiger partial charge in [-0.15, -0.1) is 0 Å². The molecule has 0 fully saturated rings. The first-order chi connectivity index (χ1) is 8.04. The molecule has 0 aliphatic heterocycles. The fourth-order valence-electron chi connectivity index (χ4n) is 1.36. The van der Waals surface area contributed by atoms with Crippen LogP contribution in [-0.2, 0) is 0 Å². The minimum atomic E-state index is -0.420. The maximum absolute atomic E-state index is 10.7. The van der Waals surface area contributed by atoms with Crippen LogP contribution in [0.3, 0.4) is 0 Å². The number of nitro groups is 1. The maximum atomic E-state index is 10.7. The SMILES string of the molecule is COc1ccc([N+](=O)[O-])cc1NCCN(C)C. The summed E-state index contributed by atoms with van der Waals surface area (Å²) in [7, 11) is 5.47. The minimum Gasteiger partial charge on any atom is -0.495 e. The molecular formula is C11H17N3O3. The fourth-order valence-corrected chi connectivity index (χ4v) is 1.36. The minimum absolute atomic E-state index is 0.0538. The van der Waals surface area contributed by atoms with Gasteiger partial charge in [-0.2, -0.15) is 0 Å². The van der Waals surface area contributed by atoms with Gasteiger partial charge in [0.25, 0.3) is 5.69 Å². The van der Waals surface area contributed by atoms with Crippen LogP contribution in [-0.4, -0.2) is 44.1 Å². The Balaban J connectivity index is 2.79. The summed E-state index contributed by atoms with van der Waals surface area (Å²) >= 11 is 0. The molecule has 0 aromatic heterocycles. The molecule has 0 amide bonds. The number of benzene rings is 1. The summed E-state index contributed by atoms with van der Waals surface area (Å²) in [6.45, 7) is 1.54. The molecule has 1 aromatic carbocycles. The summed E-state index contributed by atoms with van der Waals surface area (Å²) in [5.41, 5.74) is 0.696. The monoisotopic (exact) mass is 239 g/mol. The zero-order chi connectivity index (χ0) is 12.8. The molecule has 0 saturated carbocycles. The molecular weight excluding hydrogens is 222 g/mol. The van der Waals surface area contributed by atoms with Crippen molar-refractivity contribution in [3.05, 3.63) is 28.3 Å².